The highest BCUT2D eigenvalue weighted by Gasteiger charge is 2.47. The molecular formula is C76H98FN14O26P. The molecule has 0 spiro atoms. The lowest BCUT2D eigenvalue weighted by Crippen LogP contribution is -2.58. The highest BCUT2D eigenvalue weighted by Crippen LogP contribution is 2.46. The zero-order chi connectivity index (χ0) is 85.7. The Balaban J connectivity index is 0.723. The van der Waals surface area contributed by atoms with Crippen molar-refractivity contribution in [3.05, 3.63) is 104 Å². The average Bonchev–Trinajstić information content (AvgIpc) is 1.50. The molecule has 640 valence electrons. The van der Waals surface area contributed by atoms with E-state index >= 15 is 4.39 Å². The number of hydrogen-bond donors (Lipinski definition) is 13. The number of aromatic nitrogens is 2. The first kappa shape index (κ1) is 90.7. The summed E-state index contributed by atoms with van der Waals surface area (Å²) in [5.74, 6) is -10.7. The van der Waals surface area contributed by atoms with Gasteiger partial charge in [0.05, 0.1) is 107 Å². The number of amides is 13. The summed E-state index contributed by atoms with van der Waals surface area (Å²) in [5.41, 5.74) is 6.79. The first-order chi connectivity index (χ1) is 56.2. The van der Waals surface area contributed by atoms with E-state index < -0.39 is 182 Å². The van der Waals surface area contributed by atoms with Gasteiger partial charge in [0, 0.05) is 85.9 Å². The molecule has 1 fully saturated rings. The summed E-state index contributed by atoms with van der Waals surface area (Å²) >= 11 is 0. The van der Waals surface area contributed by atoms with Gasteiger partial charge in [-0.1, -0.05) is 32.9 Å². The van der Waals surface area contributed by atoms with Gasteiger partial charge in [0.15, 0.2) is 5.60 Å². The molecule has 42 heteroatoms. The van der Waals surface area contributed by atoms with Crippen molar-refractivity contribution in [3.8, 4) is 11.4 Å². The molecule has 0 saturated carbocycles. The Morgan fingerprint density at radius 3 is 2.04 bits per heavy atom. The van der Waals surface area contributed by atoms with E-state index in [9.17, 15) is 81.6 Å². The highest BCUT2D eigenvalue weighted by atomic mass is 31.2. The smallest absolute Gasteiger partial charge is 0.410 e. The Kier molecular flexibility index (Phi) is 32.1. The lowest BCUT2D eigenvalue weighted by atomic mass is 9.81. The van der Waals surface area contributed by atoms with Crippen molar-refractivity contribution < 1.29 is 124 Å². The Labute approximate surface area is 675 Å². The Morgan fingerprint density at radius 2 is 1.41 bits per heavy atom. The number of anilines is 1. The van der Waals surface area contributed by atoms with Crippen molar-refractivity contribution in [1.29, 1.82) is 0 Å². The molecule has 1 saturated heterocycles. The van der Waals surface area contributed by atoms with E-state index in [-0.39, 0.29) is 153 Å². The molecule has 5 aliphatic rings. The van der Waals surface area contributed by atoms with Gasteiger partial charge in [-0.2, -0.15) is 0 Å². The number of likely N-dealkylation sites (N-methyl/N-ethyl adjacent to an activating group) is 1. The number of pyridine rings is 2. The van der Waals surface area contributed by atoms with E-state index in [4.69, 9.17) is 53.7 Å². The molecule has 6 heterocycles. The number of carbonyl (C=O) groups is 14. The van der Waals surface area contributed by atoms with E-state index in [1.807, 2.05) is 0 Å². The summed E-state index contributed by atoms with van der Waals surface area (Å²) < 4.78 is 66.0. The number of esters is 2. The highest BCUT2D eigenvalue weighted by molar-refractivity contribution is 7.51. The molecule has 2 aromatic heterocycles. The Morgan fingerprint density at radius 1 is 0.737 bits per heavy atom. The van der Waals surface area contributed by atoms with Crippen LogP contribution in [-0.2, 0) is 127 Å². The number of fused-ring (bicyclic) bond motifs is 5. The molecular weight excluding hydrogens is 1570 g/mol. The number of urea groups is 1. The molecule has 1 aliphatic carbocycles. The SMILES string of the molecule is CCN(CC(=O)N[C@H]1CCc2c(C)c(F)cc3nc4c(c1c23)Cn1c-4cc2c(c1=O)COC(=O)[C@]2(O)CC)C(=O)OCc1ccc(NC(=O)[C@H](CCCNC(N)=O)NC(=O)[C@@H](NC(=O)[C@H](CC(=O)N[C@H]2CCOC2=O)NC(=O)CCOCCOCCOCCOCCNC(=O)[C@H](CNC(=O)CCP(=O)(O)O)N2C(=O)C=CC2=O)C(C)C)cc1. The van der Waals surface area contributed by atoms with Crippen molar-refractivity contribution in [2.45, 2.75) is 154 Å². The zero-order valence-corrected chi connectivity index (χ0v) is 66.6. The zero-order valence-electron chi connectivity index (χ0n) is 65.7. The van der Waals surface area contributed by atoms with Crippen molar-refractivity contribution in [2.75, 3.05) is 104 Å². The van der Waals surface area contributed by atoms with Crippen LogP contribution in [0, 0.1) is 18.7 Å². The summed E-state index contributed by atoms with van der Waals surface area (Å²) in [6.07, 6.45) is -0.465. The average molecular weight is 1670 g/mol. The van der Waals surface area contributed by atoms with Crippen LogP contribution >= 0.6 is 7.60 Å². The van der Waals surface area contributed by atoms with Crippen molar-refractivity contribution in [2.24, 2.45) is 11.7 Å². The van der Waals surface area contributed by atoms with Gasteiger partial charge in [-0.15, -0.1) is 0 Å². The number of hydrogen-bond acceptors (Lipinski definition) is 25. The molecule has 7 atom stereocenters. The minimum absolute atomic E-state index is 0.00383. The van der Waals surface area contributed by atoms with Gasteiger partial charge in [-0.3, -0.25) is 67.1 Å². The van der Waals surface area contributed by atoms with Crippen LogP contribution in [0.1, 0.15) is 124 Å². The largest absolute Gasteiger partial charge is 0.464 e. The maximum absolute atomic E-state index is 15.6. The van der Waals surface area contributed by atoms with Crippen LogP contribution < -0.4 is 59.1 Å². The Bertz CT molecular complexity index is 4620. The van der Waals surface area contributed by atoms with E-state index in [2.05, 4.69) is 47.9 Å². The third-order valence-electron chi connectivity index (χ3n) is 20.1. The molecule has 14 N–H and O–H groups in total. The second kappa shape index (κ2) is 41.8. The van der Waals surface area contributed by atoms with E-state index in [1.165, 1.54) is 27.7 Å². The van der Waals surface area contributed by atoms with Crippen LogP contribution in [0.5, 0.6) is 0 Å². The number of carbonyl (C=O) groups excluding carboxylic acids is 14. The van der Waals surface area contributed by atoms with Crippen molar-refractivity contribution in [1.82, 2.24) is 61.9 Å². The molecule has 0 radical (unpaired) electrons. The van der Waals surface area contributed by atoms with Gasteiger partial charge in [0.1, 0.15) is 55.8 Å². The second-order valence-electron chi connectivity index (χ2n) is 28.7. The minimum Gasteiger partial charge on any atom is -0.464 e. The number of rotatable bonds is 44. The summed E-state index contributed by atoms with van der Waals surface area (Å²) in [4.78, 5) is 222. The molecule has 9 rings (SSSR count). The summed E-state index contributed by atoms with van der Waals surface area (Å²) in [6, 6.07) is 0.591. The first-order valence-electron chi connectivity index (χ1n) is 38.5. The van der Waals surface area contributed by atoms with Gasteiger partial charge >= 0.3 is 31.7 Å². The molecule has 0 bridgehead atoms. The molecule has 4 aromatic rings. The number of primary amides is 1. The van der Waals surface area contributed by atoms with Gasteiger partial charge in [0.2, 0.25) is 47.3 Å². The number of halogens is 1. The van der Waals surface area contributed by atoms with E-state index in [0.717, 1.165) is 12.2 Å². The van der Waals surface area contributed by atoms with Crippen LogP contribution in [-0.4, -0.2) is 246 Å². The third kappa shape index (κ3) is 23.8. The lowest BCUT2D eigenvalue weighted by molar-refractivity contribution is -0.172. The number of aryl methyl sites for hydroxylation is 1. The lowest BCUT2D eigenvalue weighted by Gasteiger charge is -2.31. The number of ether oxygens (including phenoxy) is 7. The minimum atomic E-state index is -4.48. The predicted octanol–water partition coefficient (Wildman–Crippen LogP) is -0.841. The fraction of sp³-hybridized carbons (Fsp3) is 0.526. The summed E-state index contributed by atoms with van der Waals surface area (Å²) in [7, 11) is -4.48. The number of nitrogens with one attached hydrogen (secondary N) is 9. The summed E-state index contributed by atoms with van der Waals surface area (Å²) in [6.45, 7) is 6.89. The molecule has 4 aliphatic heterocycles. The molecule has 118 heavy (non-hydrogen) atoms. The van der Waals surface area contributed by atoms with Gasteiger partial charge in [-0.25, -0.2) is 28.6 Å². The van der Waals surface area contributed by atoms with Crippen molar-refractivity contribution >= 4 is 107 Å². The van der Waals surface area contributed by atoms with E-state index in [1.54, 1.807) is 52.8 Å². The standard InChI is InChI=1S/C76H98FN14O26P/c1-6-76(107)48-33-55-66-46(37-90(55)71(102)47(48)40-116-73(76)104)64-50(15-14-45-42(5)49(77)34-53(86-66)63(45)64)83-60(95)38-89(7-2)75(106)117-39-43-10-12-44(13-11-43)82-67(98)51(9-8-21-80-74(78)105)87-70(101)65(41(3)4)88-68(99)54(35-59(94)84-52-18-24-115-72(52)103)85-58(93)19-23-111-26-28-113-30-31-114-29-27-112-25-22-79-69(100)56(91-61(96)16-17-62(91)97)36-81-57(92)20-32-118(108,109)110/h10-13,16-17,33-34,41,50-52,54,56,65,107H,6-9,14-15,18-32,35-40H2,1-5H3,(H,79,100)(H,81,92)(H,82,98)(H,83,95)(H,84,94)(H,85,93)(H,87,101)(H,88,99)(H3,78,80,105)(H2,108,109,110)/t50-,51-,52-,54-,56-,65-,76-/m0/s1. The number of benzene rings is 2. The van der Waals surface area contributed by atoms with Crippen LogP contribution in [0.2, 0.25) is 0 Å². The topological polar surface area (TPSA) is 557 Å². The van der Waals surface area contributed by atoms with E-state index in [0.29, 0.717) is 62.3 Å². The normalized spacial score (nSPS) is 17.4. The molecule has 13 amide bonds. The van der Waals surface area contributed by atoms with Crippen LogP contribution in [0.4, 0.5) is 19.7 Å². The Hall–Kier alpha value is -11.2. The number of nitrogens with zero attached hydrogens (tertiary/aromatic N) is 4. The number of nitrogens with two attached hydrogens (primary N) is 1. The van der Waals surface area contributed by atoms with Gasteiger partial charge < -0.3 is 106 Å². The molecule has 40 nitrogen and oxygen atoms in total. The number of cyclic esters (lactones) is 2. The summed E-state index contributed by atoms with van der Waals surface area (Å²) in [5, 5.41) is 35.4. The fourth-order valence-electron chi connectivity index (χ4n) is 13.8. The monoisotopic (exact) mass is 1670 g/mol. The molecule has 0 unspecified atom stereocenters. The quantitative estimate of drug-likeness (QED) is 0.00743. The van der Waals surface area contributed by atoms with Crippen molar-refractivity contribution in [3.63, 3.8) is 0 Å². The third-order valence-corrected chi connectivity index (χ3v) is 21.0. The van der Waals surface area contributed by atoms with Crippen LogP contribution in [0.25, 0.3) is 22.3 Å². The van der Waals surface area contributed by atoms with Gasteiger partial charge in [-0.05, 0) is 92.3 Å². The van der Waals surface area contributed by atoms with Crippen LogP contribution in [0.15, 0.2) is 53.3 Å². The fourth-order valence-corrected chi connectivity index (χ4v) is 14.3. The number of aliphatic hydroxyl groups is 1. The predicted molar refractivity (Wildman–Crippen MR) is 411 cm³/mol. The molecule has 2 aromatic carbocycles. The first-order valence-corrected chi connectivity index (χ1v) is 40.3. The number of imide groups is 1. The van der Waals surface area contributed by atoms with Gasteiger partial charge in [0.25, 0.3) is 17.4 Å². The maximum Gasteiger partial charge on any atom is 0.410 e. The van der Waals surface area contributed by atoms with Crippen LogP contribution in [0.3, 0.4) is 0 Å². The maximum atomic E-state index is 15.6. The second-order valence-corrected chi connectivity index (χ2v) is 30.5.